The Morgan fingerprint density at radius 1 is 1.30 bits per heavy atom. The smallest absolute Gasteiger partial charge is 0.242 e. The summed E-state index contributed by atoms with van der Waals surface area (Å²) in [6.45, 7) is 6.09. The molecule has 0 saturated carbocycles. The van der Waals surface area contributed by atoms with E-state index in [4.69, 9.17) is 0 Å². The fourth-order valence-electron chi connectivity index (χ4n) is 2.00. The molecule has 0 bridgehead atoms. The van der Waals surface area contributed by atoms with E-state index in [1.54, 1.807) is 0 Å². The number of hydrogen-bond acceptors (Lipinski definition) is 4. The largest absolute Gasteiger partial charge is 0.273 e. The minimum absolute atomic E-state index is 0.0113. The topological polar surface area (TPSA) is 41.5 Å². The Morgan fingerprint density at radius 3 is 2.50 bits per heavy atom. The molecule has 1 aromatic carbocycles. The third-order valence-electron chi connectivity index (χ3n) is 3.20. The molecule has 1 amide bonds. The Balaban J connectivity index is 1.91. The molecule has 1 heterocycles. The third-order valence-corrected chi connectivity index (χ3v) is 6.49. The van der Waals surface area contributed by atoms with Crippen LogP contribution in [0.3, 0.4) is 0 Å². The first-order chi connectivity index (χ1) is 9.48. The normalized spacial score (nSPS) is 18.1. The monoisotopic (exact) mass is 308 g/mol. The van der Waals surface area contributed by atoms with Gasteiger partial charge in [-0.15, -0.1) is 23.5 Å². The summed E-state index contributed by atoms with van der Waals surface area (Å²) in [6, 6.07) is 8.13. The highest BCUT2D eigenvalue weighted by Gasteiger charge is 2.32. The second-order valence-electron chi connectivity index (χ2n) is 5.11. The first-order valence-electron chi connectivity index (χ1n) is 6.67. The van der Waals surface area contributed by atoms with Crippen LogP contribution in [0.4, 0.5) is 0 Å². The lowest BCUT2D eigenvalue weighted by molar-refractivity contribution is -0.121. The Labute approximate surface area is 129 Å². The first-order valence-corrected chi connectivity index (χ1v) is 8.64. The summed E-state index contributed by atoms with van der Waals surface area (Å²) in [4.78, 5) is 11.9. The van der Waals surface area contributed by atoms with Gasteiger partial charge in [0, 0.05) is 11.5 Å². The Hall–Kier alpha value is -0.940. The average Bonchev–Trinajstić information content (AvgIpc) is 2.83. The lowest BCUT2D eigenvalue weighted by Gasteiger charge is -2.19. The SMILES string of the molecule is C/C(=N/NC(=O)CC1(C)SCCS1)c1ccc(C)cc1. The van der Waals surface area contributed by atoms with E-state index in [9.17, 15) is 4.79 Å². The van der Waals surface area contributed by atoms with Gasteiger partial charge in [-0.25, -0.2) is 5.43 Å². The second kappa shape index (κ2) is 6.68. The molecule has 0 atom stereocenters. The zero-order valence-corrected chi connectivity index (χ0v) is 13.7. The molecule has 20 heavy (non-hydrogen) atoms. The Bertz CT molecular complexity index is 505. The average molecular weight is 308 g/mol. The molecule has 2 rings (SSSR count). The third kappa shape index (κ3) is 4.28. The van der Waals surface area contributed by atoms with E-state index < -0.39 is 0 Å². The number of hydrazone groups is 1. The fourth-order valence-corrected chi connectivity index (χ4v) is 4.83. The maximum Gasteiger partial charge on any atom is 0.242 e. The van der Waals surface area contributed by atoms with Crippen molar-refractivity contribution in [2.24, 2.45) is 5.10 Å². The van der Waals surface area contributed by atoms with E-state index in [1.807, 2.05) is 54.7 Å². The van der Waals surface area contributed by atoms with Crippen LogP contribution in [0, 0.1) is 6.92 Å². The number of thioether (sulfide) groups is 2. The van der Waals surface area contributed by atoms with E-state index in [0.717, 1.165) is 22.8 Å². The van der Waals surface area contributed by atoms with Crippen LogP contribution >= 0.6 is 23.5 Å². The number of hydrogen-bond donors (Lipinski definition) is 1. The van der Waals surface area contributed by atoms with Gasteiger partial charge in [0.05, 0.1) is 16.2 Å². The highest BCUT2D eigenvalue weighted by molar-refractivity contribution is 8.21. The van der Waals surface area contributed by atoms with Crippen LogP contribution in [0.25, 0.3) is 0 Å². The second-order valence-corrected chi connectivity index (χ2v) is 8.56. The molecular formula is C15H20N2OS2. The fraction of sp³-hybridized carbons (Fsp3) is 0.467. The molecular weight excluding hydrogens is 288 g/mol. The minimum atomic E-state index is -0.0131. The molecule has 0 aromatic heterocycles. The molecule has 0 unspecified atom stereocenters. The lowest BCUT2D eigenvalue weighted by atomic mass is 10.1. The molecule has 1 aliphatic heterocycles. The van der Waals surface area contributed by atoms with Crippen molar-refractivity contribution in [2.45, 2.75) is 31.3 Å². The molecule has 3 nitrogen and oxygen atoms in total. The van der Waals surface area contributed by atoms with Crippen LogP contribution in [0.1, 0.15) is 31.4 Å². The van der Waals surface area contributed by atoms with Gasteiger partial charge in [-0.05, 0) is 26.3 Å². The van der Waals surface area contributed by atoms with Crippen LogP contribution < -0.4 is 5.43 Å². The van der Waals surface area contributed by atoms with Gasteiger partial charge in [0.15, 0.2) is 0 Å². The highest BCUT2D eigenvalue weighted by atomic mass is 32.2. The van der Waals surface area contributed by atoms with E-state index in [0.29, 0.717) is 6.42 Å². The number of aryl methyl sites for hydroxylation is 1. The first kappa shape index (κ1) is 15.4. The number of carbonyl (C=O) groups excluding carboxylic acids is 1. The predicted molar refractivity (Wildman–Crippen MR) is 89.5 cm³/mol. The summed E-state index contributed by atoms with van der Waals surface area (Å²) in [5.41, 5.74) is 5.75. The van der Waals surface area contributed by atoms with Gasteiger partial charge >= 0.3 is 0 Å². The number of amides is 1. The summed E-state index contributed by atoms with van der Waals surface area (Å²) in [6.07, 6.45) is 0.507. The summed E-state index contributed by atoms with van der Waals surface area (Å²) in [5, 5.41) is 4.20. The molecule has 5 heteroatoms. The standard InChI is InChI=1S/C15H20N2OS2/c1-11-4-6-13(7-5-11)12(2)16-17-14(18)10-15(3)19-8-9-20-15/h4-7H,8-10H2,1-3H3,(H,17,18)/b16-12-. The van der Waals surface area contributed by atoms with Crippen LogP contribution in [0.5, 0.6) is 0 Å². The number of nitrogens with one attached hydrogen (secondary N) is 1. The van der Waals surface area contributed by atoms with Crippen molar-refractivity contribution < 1.29 is 4.79 Å². The summed E-state index contributed by atoms with van der Waals surface area (Å²) in [5.74, 6) is 2.24. The lowest BCUT2D eigenvalue weighted by Crippen LogP contribution is -2.26. The summed E-state index contributed by atoms with van der Waals surface area (Å²) < 4.78 is 0.0113. The molecule has 1 fully saturated rings. The van der Waals surface area contributed by atoms with Crippen LogP contribution in [0.15, 0.2) is 29.4 Å². The van der Waals surface area contributed by atoms with Crippen molar-refractivity contribution in [2.75, 3.05) is 11.5 Å². The van der Waals surface area contributed by atoms with Gasteiger partial charge < -0.3 is 0 Å². The van der Waals surface area contributed by atoms with Crippen molar-refractivity contribution >= 4 is 35.1 Å². The van der Waals surface area contributed by atoms with E-state index >= 15 is 0 Å². The predicted octanol–water partition coefficient (Wildman–Crippen LogP) is 3.42. The number of nitrogens with zero attached hydrogens (tertiary/aromatic N) is 1. The summed E-state index contributed by atoms with van der Waals surface area (Å²) >= 11 is 3.72. The van der Waals surface area contributed by atoms with Gasteiger partial charge in [-0.1, -0.05) is 29.8 Å². The van der Waals surface area contributed by atoms with Gasteiger partial charge in [0.1, 0.15) is 0 Å². The maximum atomic E-state index is 11.9. The minimum Gasteiger partial charge on any atom is -0.273 e. The molecule has 0 spiro atoms. The van der Waals surface area contributed by atoms with Crippen LogP contribution in [-0.2, 0) is 4.79 Å². The van der Waals surface area contributed by atoms with Crippen molar-refractivity contribution in [1.82, 2.24) is 5.43 Å². The Kier molecular flexibility index (Phi) is 5.16. The summed E-state index contributed by atoms with van der Waals surface area (Å²) in [7, 11) is 0. The number of carbonyl (C=O) groups is 1. The molecule has 0 aliphatic carbocycles. The van der Waals surface area contributed by atoms with Crippen LogP contribution in [-0.4, -0.2) is 27.2 Å². The van der Waals surface area contributed by atoms with Gasteiger partial charge in [0.2, 0.25) is 5.91 Å². The molecule has 1 aromatic rings. The zero-order valence-electron chi connectivity index (χ0n) is 12.1. The number of rotatable bonds is 4. The van der Waals surface area contributed by atoms with Crippen molar-refractivity contribution in [1.29, 1.82) is 0 Å². The molecule has 108 valence electrons. The molecule has 0 radical (unpaired) electrons. The molecule has 1 N–H and O–H groups in total. The van der Waals surface area contributed by atoms with Gasteiger partial charge in [-0.2, -0.15) is 5.10 Å². The quantitative estimate of drug-likeness (QED) is 0.684. The highest BCUT2D eigenvalue weighted by Crippen LogP contribution is 2.45. The van der Waals surface area contributed by atoms with E-state index in [1.165, 1.54) is 5.56 Å². The van der Waals surface area contributed by atoms with Crippen molar-refractivity contribution in [3.8, 4) is 0 Å². The maximum absolute atomic E-state index is 11.9. The van der Waals surface area contributed by atoms with E-state index in [2.05, 4.69) is 24.4 Å². The zero-order chi connectivity index (χ0) is 14.6. The van der Waals surface area contributed by atoms with Crippen molar-refractivity contribution in [3.05, 3.63) is 35.4 Å². The Morgan fingerprint density at radius 2 is 1.90 bits per heavy atom. The number of benzene rings is 1. The van der Waals surface area contributed by atoms with Crippen LogP contribution in [0.2, 0.25) is 0 Å². The molecule has 1 saturated heterocycles. The van der Waals surface area contributed by atoms with Gasteiger partial charge in [0.25, 0.3) is 0 Å². The van der Waals surface area contributed by atoms with E-state index in [-0.39, 0.29) is 9.99 Å². The van der Waals surface area contributed by atoms with Gasteiger partial charge in [-0.3, -0.25) is 4.79 Å². The molecule has 1 aliphatic rings. The van der Waals surface area contributed by atoms with Crippen molar-refractivity contribution in [3.63, 3.8) is 0 Å².